The lowest BCUT2D eigenvalue weighted by Crippen LogP contribution is -2.33. The molecule has 156 valence electrons. The second-order valence-corrected chi connectivity index (χ2v) is 8.43. The van der Waals surface area contributed by atoms with Gasteiger partial charge in [-0.15, -0.1) is 10.2 Å². The van der Waals surface area contributed by atoms with E-state index >= 15 is 0 Å². The molecule has 1 aromatic carbocycles. The van der Waals surface area contributed by atoms with Crippen LogP contribution in [0.4, 0.5) is 0 Å². The Labute approximate surface area is 175 Å². The van der Waals surface area contributed by atoms with Gasteiger partial charge in [0.15, 0.2) is 16.7 Å². The topological polar surface area (TPSA) is 78.3 Å². The molecule has 1 aliphatic carbocycles. The molecule has 8 heteroatoms. The van der Waals surface area contributed by atoms with Gasteiger partial charge in [-0.1, -0.05) is 30.7 Å². The number of nitrogens with zero attached hydrogens (tertiary/aromatic N) is 3. The van der Waals surface area contributed by atoms with Crippen molar-refractivity contribution in [1.29, 1.82) is 0 Å². The van der Waals surface area contributed by atoms with Gasteiger partial charge in [0.25, 0.3) is 0 Å². The van der Waals surface area contributed by atoms with Crippen molar-refractivity contribution in [1.82, 2.24) is 20.1 Å². The maximum absolute atomic E-state index is 12.2. The van der Waals surface area contributed by atoms with Crippen LogP contribution in [0.25, 0.3) is 0 Å². The van der Waals surface area contributed by atoms with Crippen LogP contribution in [0.3, 0.4) is 0 Å². The minimum atomic E-state index is 0.0806. The molecular formula is C21H28N4O3S. The molecule has 2 aromatic rings. The third-order valence-corrected chi connectivity index (χ3v) is 6.30. The highest BCUT2D eigenvalue weighted by atomic mass is 32.2. The summed E-state index contributed by atoms with van der Waals surface area (Å²) < 4.78 is 13.6. The van der Waals surface area contributed by atoms with Gasteiger partial charge in [0.1, 0.15) is 5.82 Å². The summed E-state index contributed by atoms with van der Waals surface area (Å²) in [5, 5.41) is 12.6. The molecule has 1 N–H and O–H groups in total. The van der Waals surface area contributed by atoms with Gasteiger partial charge in [0.2, 0.25) is 5.91 Å². The number of hydrogen-bond acceptors (Lipinski definition) is 6. The summed E-state index contributed by atoms with van der Waals surface area (Å²) >= 11 is 1.45. The minimum Gasteiger partial charge on any atom is -0.490 e. The smallest absolute Gasteiger partial charge is 0.230 e. The molecule has 0 bridgehead atoms. The van der Waals surface area contributed by atoms with Crippen LogP contribution >= 0.6 is 11.8 Å². The van der Waals surface area contributed by atoms with E-state index in [1.165, 1.54) is 24.6 Å². The zero-order valence-electron chi connectivity index (χ0n) is 16.9. The highest BCUT2D eigenvalue weighted by Crippen LogP contribution is 2.31. The highest BCUT2D eigenvalue weighted by molar-refractivity contribution is 7.99. The first-order chi connectivity index (χ1) is 14.2. The van der Waals surface area contributed by atoms with Crippen molar-refractivity contribution in [2.45, 2.75) is 63.2 Å². The second kappa shape index (κ2) is 9.52. The van der Waals surface area contributed by atoms with Crippen molar-refractivity contribution in [2.24, 2.45) is 0 Å². The van der Waals surface area contributed by atoms with Crippen LogP contribution in [0.5, 0.6) is 11.5 Å². The first-order valence-corrected chi connectivity index (χ1v) is 11.4. The van der Waals surface area contributed by atoms with Gasteiger partial charge in [0, 0.05) is 25.4 Å². The van der Waals surface area contributed by atoms with Crippen molar-refractivity contribution in [3.8, 4) is 11.5 Å². The first kappa shape index (κ1) is 20.1. The average molecular weight is 417 g/mol. The van der Waals surface area contributed by atoms with Crippen LogP contribution < -0.4 is 14.8 Å². The van der Waals surface area contributed by atoms with Gasteiger partial charge in [-0.3, -0.25) is 4.79 Å². The third-order valence-electron chi connectivity index (χ3n) is 5.34. The Kier molecular flexibility index (Phi) is 6.59. The van der Waals surface area contributed by atoms with E-state index in [-0.39, 0.29) is 5.91 Å². The molecule has 0 unspecified atom stereocenters. The van der Waals surface area contributed by atoms with Gasteiger partial charge >= 0.3 is 0 Å². The number of thioether (sulfide) groups is 1. The molecule has 1 amide bonds. The summed E-state index contributed by atoms with van der Waals surface area (Å²) in [6.07, 6.45) is 6.18. The zero-order valence-corrected chi connectivity index (χ0v) is 17.7. The molecule has 7 nitrogen and oxygen atoms in total. The summed E-state index contributed by atoms with van der Waals surface area (Å²) in [6.45, 7) is 4.19. The molecule has 29 heavy (non-hydrogen) atoms. The van der Waals surface area contributed by atoms with Crippen LogP contribution in [-0.4, -0.2) is 45.7 Å². The summed E-state index contributed by atoms with van der Waals surface area (Å²) in [6, 6.07) is 6.38. The zero-order chi connectivity index (χ0) is 20.1. The SMILES string of the molecule is CCn1c(Cc2ccc3c(c2)OCCCO3)nnc1SCC(=O)NC1CCCC1. The van der Waals surface area contributed by atoms with E-state index in [1.54, 1.807) is 0 Å². The molecule has 1 aliphatic heterocycles. The molecule has 4 rings (SSSR count). The normalized spacial score (nSPS) is 16.6. The molecule has 0 saturated heterocycles. The molecule has 0 radical (unpaired) electrons. The van der Waals surface area contributed by atoms with E-state index in [4.69, 9.17) is 9.47 Å². The number of ether oxygens (including phenoxy) is 2. The van der Waals surface area contributed by atoms with Gasteiger partial charge in [-0.25, -0.2) is 0 Å². The minimum absolute atomic E-state index is 0.0806. The lowest BCUT2D eigenvalue weighted by molar-refractivity contribution is -0.119. The van der Waals surface area contributed by atoms with E-state index in [2.05, 4.69) is 27.0 Å². The monoisotopic (exact) mass is 416 g/mol. The number of carbonyl (C=O) groups is 1. The number of hydrogen-bond donors (Lipinski definition) is 1. The number of rotatable bonds is 7. The van der Waals surface area contributed by atoms with Crippen molar-refractivity contribution in [2.75, 3.05) is 19.0 Å². The molecule has 0 atom stereocenters. The van der Waals surface area contributed by atoms with E-state index in [1.807, 2.05) is 18.2 Å². The number of benzene rings is 1. The number of nitrogens with one attached hydrogen (secondary N) is 1. The Bertz CT molecular complexity index is 848. The van der Waals surface area contributed by atoms with Crippen LogP contribution in [-0.2, 0) is 17.8 Å². The van der Waals surface area contributed by atoms with Crippen molar-refractivity contribution in [3.63, 3.8) is 0 Å². The molecule has 1 aromatic heterocycles. The van der Waals surface area contributed by atoms with Crippen LogP contribution in [0, 0.1) is 0 Å². The fourth-order valence-electron chi connectivity index (χ4n) is 3.84. The second-order valence-electron chi connectivity index (χ2n) is 7.49. The molecule has 0 spiro atoms. The maximum Gasteiger partial charge on any atom is 0.230 e. The lowest BCUT2D eigenvalue weighted by atomic mass is 10.1. The van der Waals surface area contributed by atoms with Crippen molar-refractivity contribution in [3.05, 3.63) is 29.6 Å². The number of carbonyl (C=O) groups excluding carboxylic acids is 1. The van der Waals surface area contributed by atoms with E-state index in [0.29, 0.717) is 31.4 Å². The fourth-order valence-corrected chi connectivity index (χ4v) is 4.68. The van der Waals surface area contributed by atoms with Crippen LogP contribution in [0.2, 0.25) is 0 Å². The third kappa shape index (κ3) is 5.04. The average Bonchev–Trinajstić information content (AvgIpc) is 3.30. The van der Waals surface area contributed by atoms with Gasteiger partial charge in [-0.05, 0) is 37.5 Å². The number of aromatic nitrogens is 3. The number of fused-ring (bicyclic) bond motifs is 1. The Morgan fingerprint density at radius 3 is 2.76 bits per heavy atom. The predicted octanol–water partition coefficient (Wildman–Crippen LogP) is 3.20. The summed E-state index contributed by atoms with van der Waals surface area (Å²) in [4.78, 5) is 12.2. The van der Waals surface area contributed by atoms with E-state index in [9.17, 15) is 4.79 Å². The van der Waals surface area contributed by atoms with Crippen LogP contribution in [0.15, 0.2) is 23.4 Å². The molecule has 1 saturated carbocycles. The fraction of sp³-hybridized carbons (Fsp3) is 0.571. The molecular weight excluding hydrogens is 388 g/mol. The predicted molar refractivity (Wildman–Crippen MR) is 112 cm³/mol. The van der Waals surface area contributed by atoms with Crippen molar-refractivity contribution < 1.29 is 14.3 Å². The standard InChI is InChI=1S/C21H28N4O3S/c1-2-25-19(13-15-8-9-17-18(12-15)28-11-5-10-27-17)23-24-21(25)29-14-20(26)22-16-6-3-4-7-16/h8-9,12,16H,2-7,10-11,13-14H2,1H3,(H,22,26). The molecule has 2 aliphatic rings. The maximum atomic E-state index is 12.2. The summed E-state index contributed by atoms with van der Waals surface area (Å²) in [7, 11) is 0. The van der Waals surface area contributed by atoms with Crippen LogP contribution in [0.1, 0.15) is 50.4 Å². The Morgan fingerprint density at radius 1 is 1.17 bits per heavy atom. The van der Waals surface area contributed by atoms with Gasteiger partial charge in [-0.2, -0.15) is 0 Å². The quantitative estimate of drug-likeness (QED) is 0.699. The summed E-state index contributed by atoms with van der Waals surface area (Å²) in [5.74, 6) is 2.93. The van der Waals surface area contributed by atoms with E-state index < -0.39 is 0 Å². The Hall–Kier alpha value is -2.22. The lowest BCUT2D eigenvalue weighted by Gasteiger charge is -2.12. The van der Waals surface area contributed by atoms with E-state index in [0.717, 1.165) is 53.9 Å². The molecule has 2 heterocycles. The first-order valence-electron chi connectivity index (χ1n) is 10.5. The van der Waals surface area contributed by atoms with Gasteiger partial charge < -0.3 is 19.4 Å². The number of amides is 1. The Balaban J connectivity index is 1.39. The Morgan fingerprint density at radius 2 is 1.97 bits per heavy atom. The highest BCUT2D eigenvalue weighted by Gasteiger charge is 2.19. The van der Waals surface area contributed by atoms with Crippen molar-refractivity contribution >= 4 is 17.7 Å². The van der Waals surface area contributed by atoms with Gasteiger partial charge in [0.05, 0.1) is 19.0 Å². The molecule has 1 fully saturated rings. The summed E-state index contributed by atoms with van der Waals surface area (Å²) in [5.41, 5.74) is 1.10. The largest absolute Gasteiger partial charge is 0.490 e.